The van der Waals surface area contributed by atoms with Gasteiger partial charge in [0.05, 0.1) is 57.7 Å². The number of hydrogen-bond acceptors (Lipinski definition) is 5. The van der Waals surface area contributed by atoms with Gasteiger partial charge in [0.15, 0.2) is 0 Å². The Labute approximate surface area is 242 Å². The standard InChI is InChI=1S/C33H31N5O4/c1-8-20-16(3)24-12-28-19(6)23(11-33(41)42)31-15-27-22(10-32(39)40)17(4)25(35-27)13-30-21(9-2)18(5)29(14-26(20)34-24)37(30)36(7)38(28)31/h8-9,12-15H,1-2,10-11H2,3-7H3,(H,39,40)(H,41,42). The van der Waals surface area contributed by atoms with Crippen molar-refractivity contribution in [3.8, 4) is 0 Å². The van der Waals surface area contributed by atoms with Crippen LogP contribution in [-0.4, -0.2) is 50.0 Å². The summed E-state index contributed by atoms with van der Waals surface area (Å²) in [5, 5.41) is 23.1. The van der Waals surface area contributed by atoms with E-state index in [1.54, 1.807) is 0 Å². The average Bonchev–Trinajstić information content (AvgIpc) is 3.55. The third kappa shape index (κ3) is 3.77. The van der Waals surface area contributed by atoms with Gasteiger partial charge < -0.3 is 10.2 Å². The molecule has 0 unspecified atom stereocenters. The highest BCUT2D eigenvalue weighted by atomic mass is 16.4. The summed E-state index contributed by atoms with van der Waals surface area (Å²) in [5.41, 5.74) is 10.9. The van der Waals surface area contributed by atoms with Crippen molar-refractivity contribution in [1.82, 2.24) is 9.35 Å². The zero-order valence-corrected chi connectivity index (χ0v) is 24.2. The molecule has 6 bridgehead atoms. The van der Waals surface area contributed by atoms with Gasteiger partial charge >= 0.3 is 11.9 Å². The van der Waals surface area contributed by atoms with Crippen molar-refractivity contribution in [1.29, 1.82) is 0 Å². The molecule has 0 saturated carbocycles. The van der Waals surface area contributed by atoms with Crippen LogP contribution >= 0.6 is 0 Å². The summed E-state index contributed by atoms with van der Waals surface area (Å²) < 4.78 is 4.03. The molecular weight excluding hydrogens is 530 g/mol. The Bertz CT molecular complexity index is 2020. The van der Waals surface area contributed by atoms with Gasteiger partial charge in [0.25, 0.3) is 0 Å². The highest BCUT2D eigenvalue weighted by Gasteiger charge is 2.30. The van der Waals surface area contributed by atoms with Crippen LogP contribution in [0.2, 0.25) is 0 Å². The molecule has 0 aliphatic carbocycles. The largest absolute Gasteiger partial charge is 0.481 e. The Kier molecular flexibility index (Phi) is 6.07. The molecule has 4 aliphatic rings. The maximum atomic E-state index is 12.2. The van der Waals surface area contributed by atoms with Crippen LogP contribution in [0.4, 0.5) is 0 Å². The first-order valence-corrected chi connectivity index (χ1v) is 13.6. The molecule has 0 atom stereocenters. The molecule has 9 nitrogen and oxygen atoms in total. The highest BCUT2D eigenvalue weighted by Crippen LogP contribution is 2.36. The number of carboxylic acids is 2. The van der Waals surface area contributed by atoms with Gasteiger partial charge in [-0.2, -0.15) is 0 Å². The van der Waals surface area contributed by atoms with Crippen molar-refractivity contribution in [2.45, 2.75) is 40.5 Å². The molecule has 2 aromatic heterocycles. The van der Waals surface area contributed by atoms with Crippen LogP contribution in [-0.2, 0) is 16.0 Å². The van der Waals surface area contributed by atoms with E-state index in [9.17, 15) is 19.8 Å². The molecule has 2 N–H and O–H groups in total. The van der Waals surface area contributed by atoms with Gasteiger partial charge in [-0.05, 0) is 85.4 Å². The van der Waals surface area contributed by atoms with Gasteiger partial charge in [-0.15, -0.1) is 0 Å². The van der Waals surface area contributed by atoms with Crippen molar-refractivity contribution in [3.05, 3.63) is 97.3 Å². The number of rotatable bonds is 6. The Balaban J connectivity index is 1.89. The molecule has 0 amide bonds. The Morgan fingerprint density at radius 3 is 2.07 bits per heavy atom. The molecule has 4 aliphatic heterocycles. The molecule has 6 heterocycles. The molecule has 0 aromatic carbocycles. The maximum absolute atomic E-state index is 12.2. The van der Waals surface area contributed by atoms with Crippen molar-refractivity contribution in [2.75, 3.05) is 12.2 Å². The van der Waals surface area contributed by atoms with Crippen molar-refractivity contribution in [3.63, 3.8) is 0 Å². The van der Waals surface area contributed by atoms with Gasteiger partial charge in [0.1, 0.15) is 0 Å². The van der Waals surface area contributed by atoms with Crippen molar-refractivity contribution in [2.24, 2.45) is 9.98 Å². The second-order valence-corrected chi connectivity index (χ2v) is 10.8. The van der Waals surface area contributed by atoms with Crippen LogP contribution in [0.3, 0.4) is 0 Å². The summed E-state index contributed by atoms with van der Waals surface area (Å²) in [7, 11) is 1.93. The predicted molar refractivity (Wildman–Crippen MR) is 166 cm³/mol. The quantitative estimate of drug-likeness (QED) is 0.559. The molecule has 6 rings (SSSR count). The fourth-order valence-electron chi connectivity index (χ4n) is 6.36. The Morgan fingerprint density at radius 2 is 1.43 bits per heavy atom. The second kappa shape index (κ2) is 9.44. The molecule has 42 heavy (non-hydrogen) atoms. The lowest BCUT2D eigenvalue weighted by Crippen LogP contribution is -2.49. The summed E-state index contributed by atoms with van der Waals surface area (Å²) in [6.45, 7) is 16.0. The minimum atomic E-state index is -0.971. The van der Waals surface area contributed by atoms with E-state index >= 15 is 0 Å². The molecule has 212 valence electrons. The molecule has 0 spiro atoms. The van der Waals surface area contributed by atoms with Gasteiger partial charge in [0, 0.05) is 18.2 Å². The average molecular weight is 562 g/mol. The summed E-state index contributed by atoms with van der Waals surface area (Å²) >= 11 is 0. The summed E-state index contributed by atoms with van der Waals surface area (Å²) in [4.78, 5) is 34.0. The predicted octanol–water partition coefficient (Wildman–Crippen LogP) is 3.68. The monoisotopic (exact) mass is 561 g/mol. The van der Waals surface area contributed by atoms with E-state index < -0.39 is 11.9 Å². The number of aliphatic imine (C=N–C) groups is 2. The van der Waals surface area contributed by atoms with Crippen LogP contribution in [0.25, 0.3) is 30.4 Å². The van der Waals surface area contributed by atoms with Crippen molar-refractivity contribution < 1.29 is 19.8 Å². The third-order valence-electron chi connectivity index (χ3n) is 8.55. The number of hydrogen-bond donors (Lipinski definition) is 2. The fourth-order valence-corrected chi connectivity index (χ4v) is 6.36. The zero-order valence-electron chi connectivity index (χ0n) is 24.2. The van der Waals surface area contributed by atoms with Crippen LogP contribution in [0.1, 0.15) is 53.9 Å². The van der Waals surface area contributed by atoms with E-state index in [1.165, 1.54) is 0 Å². The van der Waals surface area contributed by atoms with Gasteiger partial charge in [-0.25, -0.2) is 24.5 Å². The smallest absolute Gasteiger partial charge is 0.307 e. The lowest BCUT2D eigenvalue weighted by Gasteiger charge is -2.28. The van der Waals surface area contributed by atoms with E-state index in [2.05, 4.69) is 17.8 Å². The normalized spacial score (nSPS) is 16.7. The number of aliphatic carboxylic acids is 2. The topological polar surface area (TPSA) is 112 Å². The number of allylic oxidation sites excluding steroid dienone is 3. The minimum Gasteiger partial charge on any atom is -0.481 e. The SMILES string of the molecule is C=CC1=C(C)C2=NC1=Cc1c(C)c(C=C)c3n1N(C)n1c(c(C)c(CC(=O)O)c1=CC1=NC(=C3)C(C)=C1CC(=O)O)=C2. The first-order valence-electron chi connectivity index (χ1n) is 13.6. The van der Waals surface area contributed by atoms with Crippen LogP contribution in [0, 0.1) is 13.8 Å². The van der Waals surface area contributed by atoms with E-state index in [-0.39, 0.29) is 12.8 Å². The molecule has 0 radical (unpaired) electrons. The fraction of sp³-hybridized carbons (Fsp3) is 0.212. The van der Waals surface area contributed by atoms with Crippen LogP contribution in [0.15, 0.2) is 62.9 Å². The molecule has 0 fully saturated rings. The van der Waals surface area contributed by atoms with Gasteiger partial charge in [-0.1, -0.05) is 25.3 Å². The second-order valence-electron chi connectivity index (χ2n) is 10.8. The number of carboxylic acid groups (broad SMARTS) is 2. The number of aromatic nitrogens is 2. The number of carbonyl (C=O) groups is 2. The number of nitrogens with zero attached hydrogens (tertiary/aromatic N) is 5. The minimum absolute atomic E-state index is 0.210. The maximum Gasteiger partial charge on any atom is 0.307 e. The summed E-state index contributed by atoms with van der Waals surface area (Å²) in [6.07, 6.45) is 11.0. The lowest BCUT2D eigenvalue weighted by atomic mass is 10.0. The van der Waals surface area contributed by atoms with E-state index in [4.69, 9.17) is 9.98 Å². The van der Waals surface area contributed by atoms with Gasteiger partial charge in [-0.3, -0.25) is 9.59 Å². The summed E-state index contributed by atoms with van der Waals surface area (Å²) in [5.74, 6) is -1.94. The Morgan fingerprint density at radius 1 is 0.786 bits per heavy atom. The zero-order chi connectivity index (χ0) is 30.2. The van der Waals surface area contributed by atoms with Crippen LogP contribution in [0.5, 0.6) is 0 Å². The van der Waals surface area contributed by atoms with E-state index in [0.717, 1.165) is 61.6 Å². The summed E-state index contributed by atoms with van der Waals surface area (Å²) in [6, 6.07) is 0. The van der Waals surface area contributed by atoms with E-state index in [0.29, 0.717) is 27.9 Å². The molecule has 0 saturated heterocycles. The lowest BCUT2D eigenvalue weighted by molar-refractivity contribution is -0.137. The highest BCUT2D eigenvalue weighted by molar-refractivity contribution is 6.25. The third-order valence-corrected chi connectivity index (χ3v) is 8.55. The van der Waals surface area contributed by atoms with Crippen molar-refractivity contribution >= 4 is 53.7 Å². The number of fused-ring (bicyclic) bond motifs is 2. The Hall–Kier alpha value is -5.18. The molecular formula is C33H31N5O4. The first kappa shape index (κ1) is 27.0. The van der Waals surface area contributed by atoms with Gasteiger partial charge in [0.2, 0.25) is 0 Å². The van der Waals surface area contributed by atoms with E-state index in [1.807, 2.05) is 81.0 Å². The van der Waals surface area contributed by atoms with Crippen LogP contribution < -0.4 is 15.8 Å². The molecule has 9 heteroatoms. The molecule has 2 aromatic rings. The first-order chi connectivity index (χ1) is 20.0.